The molecule has 1 aliphatic carbocycles. The van der Waals surface area contributed by atoms with Crippen LogP contribution in [0.3, 0.4) is 0 Å². The summed E-state index contributed by atoms with van der Waals surface area (Å²) in [6.07, 6.45) is 3.29. The summed E-state index contributed by atoms with van der Waals surface area (Å²) in [5.41, 5.74) is 1.96. The fraction of sp³-hybridized carbons (Fsp3) is 0.529. The predicted octanol–water partition coefficient (Wildman–Crippen LogP) is 2.81. The maximum atomic E-state index is 12.1. The van der Waals surface area contributed by atoms with E-state index in [-0.39, 0.29) is 17.7 Å². The quantitative estimate of drug-likeness (QED) is 0.775. The Bertz CT molecular complexity index is 552. The van der Waals surface area contributed by atoms with Gasteiger partial charge in [-0.05, 0) is 48.5 Å². The summed E-state index contributed by atoms with van der Waals surface area (Å²) in [6, 6.07) is 7.89. The van der Waals surface area contributed by atoms with Gasteiger partial charge in [0, 0.05) is 24.6 Å². The number of carbonyl (C=O) groups is 2. The Kier molecular flexibility index (Phi) is 5.89. The molecule has 0 radical (unpaired) electrons. The van der Waals surface area contributed by atoms with E-state index in [0.29, 0.717) is 23.2 Å². The molecular formula is C17H22N2O2S2. The van der Waals surface area contributed by atoms with Crippen molar-refractivity contribution in [1.29, 1.82) is 0 Å². The summed E-state index contributed by atoms with van der Waals surface area (Å²) in [5, 5.41) is 5.69. The molecule has 3 rings (SSSR count). The highest BCUT2D eigenvalue weighted by Gasteiger charge is 2.29. The molecule has 6 heteroatoms. The third-order valence-corrected chi connectivity index (χ3v) is 6.95. The normalized spacial score (nSPS) is 18.4. The van der Waals surface area contributed by atoms with Gasteiger partial charge in [0.05, 0.1) is 4.58 Å². The van der Waals surface area contributed by atoms with Crippen molar-refractivity contribution in [3.05, 3.63) is 35.4 Å². The SMILES string of the molecule is O=C(NCCNC(=O)C1CC1)c1ccc(C2SCCCS2)cc1. The third kappa shape index (κ3) is 4.91. The van der Waals surface area contributed by atoms with Crippen molar-refractivity contribution in [1.82, 2.24) is 10.6 Å². The number of thioether (sulfide) groups is 2. The van der Waals surface area contributed by atoms with Crippen molar-refractivity contribution in [2.45, 2.75) is 23.8 Å². The van der Waals surface area contributed by atoms with Gasteiger partial charge in [0.2, 0.25) is 5.91 Å². The molecule has 2 aliphatic rings. The number of carbonyl (C=O) groups excluding carboxylic acids is 2. The predicted molar refractivity (Wildman–Crippen MR) is 96.8 cm³/mol. The first-order valence-corrected chi connectivity index (χ1v) is 10.2. The minimum Gasteiger partial charge on any atom is -0.354 e. The van der Waals surface area contributed by atoms with E-state index in [1.165, 1.54) is 23.5 Å². The van der Waals surface area contributed by atoms with Crippen LogP contribution in [0.2, 0.25) is 0 Å². The van der Waals surface area contributed by atoms with Crippen LogP contribution in [0.25, 0.3) is 0 Å². The second-order valence-electron chi connectivity index (χ2n) is 5.87. The van der Waals surface area contributed by atoms with Gasteiger partial charge in [-0.2, -0.15) is 0 Å². The van der Waals surface area contributed by atoms with Crippen LogP contribution >= 0.6 is 23.5 Å². The topological polar surface area (TPSA) is 58.2 Å². The lowest BCUT2D eigenvalue weighted by Crippen LogP contribution is -2.35. The Morgan fingerprint density at radius 1 is 1.00 bits per heavy atom. The van der Waals surface area contributed by atoms with E-state index in [9.17, 15) is 9.59 Å². The Morgan fingerprint density at radius 2 is 1.65 bits per heavy atom. The summed E-state index contributed by atoms with van der Waals surface area (Å²) < 4.78 is 0.499. The molecule has 2 N–H and O–H groups in total. The largest absolute Gasteiger partial charge is 0.354 e. The lowest BCUT2D eigenvalue weighted by atomic mass is 10.1. The van der Waals surface area contributed by atoms with Gasteiger partial charge in [-0.1, -0.05) is 12.1 Å². The van der Waals surface area contributed by atoms with Gasteiger partial charge < -0.3 is 10.6 Å². The maximum absolute atomic E-state index is 12.1. The molecule has 4 nitrogen and oxygen atoms in total. The van der Waals surface area contributed by atoms with Crippen molar-refractivity contribution in [2.24, 2.45) is 5.92 Å². The first-order chi connectivity index (χ1) is 11.2. The van der Waals surface area contributed by atoms with Crippen molar-refractivity contribution in [3.8, 4) is 0 Å². The van der Waals surface area contributed by atoms with Gasteiger partial charge in [0.1, 0.15) is 0 Å². The molecule has 0 unspecified atom stereocenters. The van der Waals surface area contributed by atoms with Crippen LogP contribution in [0.1, 0.15) is 39.8 Å². The fourth-order valence-electron chi connectivity index (χ4n) is 2.43. The first kappa shape index (κ1) is 16.7. The number of rotatable bonds is 6. The van der Waals surface area contributed by atoms with Crippen LogP contribution in [0.5, 0.6) is 0 Å². The van der Waals surface area contributed by atoms with Crippen LogP contribution in [-0.4, -0.2) is 36.4 Å². The zero-order valence-corrected chi connectivity index (χ0v) is 14.7. The Hall–Kier alpha value is -1.14. The molecule has 2 fully saturated rings. The molecule has 1 saturated carbocycles. The van der Waals surface area contributed by atoms with Crippen molar-refractivity contribution in [2.75, 3.05) is 24.6 Å². The lowest BCUT2D eigenvalue weighted by Gasteiger charge is -2.21. The van der Waals surface area contributed by atoms with Gasteiger partial charge in [-0.25, -0.2) is 0 Å². The molecule has 1 saturated heterocycles. The average molecular weight is 351 g/mol. The number of hydrogen-bond acceptors (Lipinski definition) is 4. The van der Waals surface area contributed by atoms with Crippen molar-refractivity contribution in [3.63, 3.8) is 0 Å². The first-order valence-electron chi connectivity index (χ1n) is 8.13. The second kappa shape index (κ2) is 8.11. The van der Waals surface area contributed by atoms with E-state index in [0.717, 1.165) is 12.8 Å². The van der Waals surface area contributed by atoms with Gasteiger partial charge >= 0.3 is 0 Å². The Balaban J connectivity index is 1.42. The molecule has 1 aromatic rings. The van der Waals surface area contributed by atoms with E-state index in [2.05, 4.69) is 22.8 Å². The molecule has 2 amide bonds. The molecule has 124 valence electrons. The number of nitrogens with one attached hydrogen (secondary N) is 2. The van der Waals surface area contributed by atoms with E-state index < -0.39 is 0 Å². The third-order valence-electron chi connectivity index (χ3n) is 3.93. The zero-order chi connectivity index (χ0) is 16.1. The van der Waals surface area contributed by atoms with Crippen LogP contribution < -0.4 is 10.6 Å². The van der Waals surface area contributed by atoms with Crippen LogP contribution in [0.4, 0.5) is 0 Å². The minimum atomic E-state index is -0.0822. The van der Waals surface area contributed by atoms with Crippen LogP contribution in [-0.2, 0) is 4.79 Å². The molecular weight excluding hydrogens is 328 g/mol. The van der Waals surface area contributed by atoms with Crippen molar-refractivity contribution >= 4 is 35.3 Å². The van der Waals surface area contributed by atoms with Crippen LogP contribution in [0, 0.1) is 5.92 Å². The number of benzene rings is 1. The Morgan fingerprint density at radius 3 is 2.30 bits per heavy atom. The summed E-state index contributed by atoms with van der Waals surface area (Å²) in [4.78, 5) is 23.6. The average Bonchev–Trinajstić information content (AvgIpc) is 3.44. The molecule has 1 aromatic carbocycles. The summed E-state index contributed by atoms with van der Waals surface area (Å²) in [5.74, 6) is 2.68. The monoisotopic (exact) mass is 350 g/mol. The standard InChI is InChI=1S/C17H22N2O2S2/c20-15(12-2-3-12)18-8-9-19-16(21)13-4-6-14(7-5-13)17-22-10-1-11-23-17/h4-7,12,17H,1-3,8-11H2,(H,18,20)(H,19,21). The molecule has 23 heavy (non-hydrogen) atoms. The van der Waals surface area contributed by atoms with Gasteiger partial charge in [-0.15, -0.1) is 23.5 Å². The minimum absolute atomic E-state index is 0.0822. The number of amides is 2. The molecule has 1 aliphatic heterocycles. The van der Waals surface area contributed by atoms with Crippen molar-refractivity contribution < 1.29 is 9.59 Å². The smallest absolute Gasteiger partial charge is 0.251 e. The maximum Gasteiger partial charge on any atom is 0.251 e. The van der Waals surface area contributed by atoms with Gasteiger partial charge in [-0.3, -0.25) is 9.59 Å². The van der Waals surface area contributed by atoms with Gasteiger partial charge in [0.15, 0.2) is 0 Å². The van der Waals surface area contributed by atoms with E-state index in [1.54, 1.807) is 0 Å². The highest BCUT2D eigenvalue weighted by molar-refractivity contribution is 8.16. The molecule has 0 atom stereocenters. The van der Waals surface area contributed by atoms with Crippen LogP contribution in [0.15, 0.2) is 24.3 Å². The number of hydrogen-bond donors (Lipinski definition) is 2. The zero-order valence-electron chi connectivity index (χ0n) is 13.0. The Labute approximate surface area is 145 Å². The second-order valence-corrected chi connectivity index (χ2v) is 8.59. The molecule has 0 spiro atoms. The summed E-state index contributed by atoms with van der Waals surface area (Å²) in [7, 11) is 0. The fourth-order valence-corrected chi connectivity index (χ4v) is 5.32. The van der Waals surface area contributed by atoms with E-state index in [4.69, 9.17) is 0 Å². The molecule has 1 heterocycles. The van der Waals surface area contributed by atoms with Gasteiger partial charge in [0.25, 0.3) is 5.91 Å². The highest BCUT2D eigenvalue weighted by atomic mass is 32.2. The van der Waals surface area contributed by atoms with E-state index >= 15 is 0 Å². The molecule has 0 aromatic heterocycles. The summed E-state index contributed by atoms with van der Waals surface area (Å²) in [6.45, 7) is 0.960. The lowest BCUT2D eigenvalue weighted by molar-refractivity contribution is -0.122. The summed E-state index contributed by atoms with van der Waals surface area (Å²) >= 11 is 3.96. The molecule has 0 bridgehead atoms. The highest BCUT2D eigenvalue weighted by Crippen LogP contribution is 2.43. The van der Waals surface area contributed by atoms with E-state index in [1.807, 2.05) is 35.7 Å².